The fraction of sp³-hybridized carbons (Fsp3) is 0.600. The minimum atomic E-state index is -3.38. The molecule has 0 aliphatic carbocycles. The van der Waals surface area contributed by atoms with Crippen molar-refractivity contribution in [1.29, 1.82) is 0 Å². The molecule has 1 saturated heterocycles. The van der Waals surface area contributed by atoms with Crippen LogP contribution in [-0.2, 0) is 10.0 Å². The number of hydrogen-bond acceptors (Lipinski definition) is 3. The second-order valence-corrected chi connectivity index (χ2v) is 8.53. The van der Waals surface area contributed by atoms with Crippen LogP contribution in [0.5, 0.6) is 0 Å². The molecular formula is C15H24BrClN2O2S. The minimum Gasteiger partial charge on any atom is -0.319 e. The average molecular weight is 412 g/mol. The van der Waals surface area contributed by atoms with Gasteiger partial charge in [-0.2, -0.15) is 4.31 Å². The monoisotopic (exact) mass is 410 g/mol. The van der Waals surface area contributed by atoms with Crippen molar-refractivity contribution >= 4 is 38.4 Å². The van der Waals surface area contributed by atoms with Crippen LogP contribution in [0, 0.1) is 19.8 Å². The first kappa shape index (κ1) is 19.9. The molecule has 0 unspecified atom stereocenters. The molecule has 1 aliphatic heterocycles. The predicted octanol–water partition coefficient (Wildman–Crippen LogP) is 3.11. The number of nitrogens with one attached hydrogen (secondary N) is 1. The highest BCUT2D eigenvalue weighted by atomic mass is 79.9. The van der Waals surface area contributed by atoms with E-state index in [2.05, 4.69) is 21.2 Å². The summed E-state index contributed by atoms with van der Waals surface area (Å²) in [6.45, 7) is 5.96. The molecule has 1 N–H and O–H groups in total. The maximum Gasteiger partial charge on any atom is 0.243 e. The molecule has 1 aromatic carbocycles. The van der Waals surface area contributed by atoms with Crippen LogP contribution in [0.1, 0.15) is 24.0 Å². The Morgan fingerprint density at radius 3 is 2.36 bits per heavy atom. The Labute approximate surface area is 148 Å². The van der Waals surface area contributed by atoms with E-state index in [9.17, 15) is 8.42 Å². The number of sulfonamides is 1. The summed E-state index contributed by atoms with van der Waals surface area (Å²) in [7, 11) is -1.44. The first-order valence-electron chi connectivity index (χ1n) is 7.27. The van der Waals surface area contributed by atoms with Crippen LogP contribution < -0.4 is 5.32 Å². The second-order valence-electron chi connectivity index (χ2n) is 5.77. The number of nitrogens with zero attached hydrogens (tertiary/aromatic N) is 1. The van der Waals surface area contributed by atoms with E-state index < -0.39 is 10.0 Å². The Bertz CT molecular complexity index is 614. The summed E-state index contributed by atoms with van der Waals surface area (Å²) in [4.78, 5) is 0.440. The highest BCUT2D eigenvalue weighted by Crippen LogP contribution is 2.29. The molecule has 2 rings (SSSR count). The molecule has 1 aliphatic rings. The molecule has 7 heteroatoms. The number of piperidine rings is 1. The maximum absolute atomic E-state index is 12.8. The van der Waals surface area contributed by atoms with Crippen LogP contribution in [-0.4, -0.2) is 39.4 Å². The van der Waals surface area contributed by atoms with E-state index in [4.69, 9.17) is 0 Å². The zero-order valence-corrected chi connectivity index (χ0v) is 16.4. The van der Waals surface area contributed by atoms with E-state index in [1.807, 2.05) is 27.0 Å². The molecule has 0 bridgehead atoms. The van der Waals surface area contributed by atoms with Crippen molar-refractivity contribution in [2.45, 2.75) is 31.6 Å². The summed E-state index contributed by atoms with van der Waals surface area (Å²) in [6.07, 6.45) is 1.85. The fourth-order valence-electron chi connectivity index (χ4n) is 2.81. The van der Waals surface area contributed by atoms with Crippen molar-refractivity contribution in [3.05, 3.63) is 27.7 Å². The summed E-state index contributed by atoms with van der Waals surface area (Å²) in [6, 6.07) is 3.66. The Morgan fingerprint density at radius 1 is 1.23 bits per heavy atom. The number of rotatable bonds is 4. The van der Waals surface area contributed by atoms with Gasteiger partial charge in [0.15, 0.2) is 0 Å². The minimum absolute atomic E-state index is 0. The Balaban J connectivity index is 0.00000242. The van der Waals surface area contributed by atoms with E-state index in [0.717, 1.165) is 35.0 Å². The molecule has 0 amide bonds. The van der Waals surface area contributed by atoms with Gasteiger partial charge in [0.2, 0.25) is 10.0 Å². The molecule has 1 fully saturated rings. The Morgan fingerprint density at radius 2 is 1.82 bits per heavy atom. The molecular weight excluding hydrogens is 388 g/mol. The SMILES string of the molecule is CNCC1CCN(S(=O)(=O)c2cc(C)c(Br)cc2C)CC1.Cl. The zero-order chi connectivity index (χ0) is 15.6. The lowest BCUT2D eigenvalue weighted by atomic mass is 9.98. The zero-order valence-electron chi connectivity index (χ0n) is 13.2. The summed E-state index contributed by atoms with van der Waals surface area (Å²) in [5.41, 5.74) is 1.74. The molecule has 0 atom stereocenters. The van der Waals surface area contributed by atoms with Gasteiger partial charge in [0.1, 0.15) is 0 Å². The summed E-state index contributed by atoms with van der Waals surface area (Å²) >= 11 is 3.45. The third kappa shape index (κ3) is 4.23. The lowest BCUT2D eigenvalue weighted by Gasteiger charge is -2.31. The first-order valence-corrected chi connectivity index (χ1v) is 9.51. The molecule has 22 heavy (non-hydrogen) atoms. The molecule has 126 valence electrons. The van der Waals surface area contributed by atoms with Crippen molar-refractivity contribution in [3.8, 4) is 0 Å². The normalized spacial score (nSPS) is 17.3. The van der Waals surface area contributed by atoms with Gasteiger partial charge in [-0.05, 0) is 69.5 Å². The van der Waals surface area contributed by atoms with Crippen LogP contribution in [0.15, 0.2) is 21.5 Å². The van der Waals surface area contributed by atoms with E-state index in [-0.39, 0.29) is 12.4 Å². The van der Waals surface area contributed by atoms with Gasteiger partial charge in [-0.1, -0.05) is 15.9 Å². The van der Waals surface area contributed by atoms with Crippen LogP contribution in [0.3, 0.4) is 0 Å². The first-order chi connectivity index (χ1) is 9.86. The van der Waals surface area contributed by atoms with Gasteiger partial charge >= 0.3 is 0 Å². The maximum atomic E-state index is 12.8. The third-order valence-electron chi connectivity index (χ3n) is 4.14. The van der Waals surface area contributed by atoms with Crippen molar-refractivity contribution in [2.75, 3.05) is 26.7 Å². The largest absolute Gasteiger partial charge is 0.319 e. The van der Waals surface area contributed by atoms with Crippen LogP contribution in [0.25, 0.3) is 0 Å². The summed E-state index contributed by atoms with van der Waals surface area (Å²) < 4.78 is 28.2. The van der Waals surface area contributed by atoms with Gasteiger partial charge in [-0.25, -0.2) is 8.42 Å². The van der Waals surface area contributed by atoms with Gasteiger partial charge in [-0.3, -0.25) is 0 Å². The van der Waals surface area contributed by atoms with E-state index >= 15 is 0 Å². The molecule has 0 saturated carbocycles. The van der Waals surface area contributed by atoms with Crippen LogP contribution >= 0.6 is 28.3 Å². The molecule has 0 radical (unpaired) electrons. The third-order valence-corrected chi connectivity index (χ3v) is 7.04. The van der Waals surface area contributed by atoms with Gasteiger partial charge in [0.05, 0.1) is 4.90 Å². The number of hydrogen-bond donors (Lipinski definition) is 1. The van der Waals surface area contributed by atoms with Crippen molar-refractivity contribution in [1.82, 2.24) is 9.62 Å². The summed E-state index contributed by atoms with van der Waals surface area (Å²) in [5, 5.41) is 3.17. The number of benzene rings is 1. The smallest absolute Gasteiger partial charge is 0.243 e. The van der Waals surface area contributed by atoms with Gasteiger partial charge < -0.3 is 5.32 Å². The van der Waals surface area contributed by atoms with E-state index in [1.165, 1.54) is 0 Å². The Kier molecular flexibility index (Phi) is 7.33. The van der Waals surface area contributed by atoms with Gasteiger partial charge in [0.25, 0.3) is 0 Å². The highest BCUT2D eigenvalue weighted by Gasteiger charge is 2.30. The molecule has 0 spiro atoms. The van der Waals surface area contributed by atoms with Crippen molar-refractivity contribution < 1.29 is 8.42 Å². The number of aryl methyl sites for hydroxylation is 2. The van der Waals surface area contributed by atoms with Crippen molar-refractivity contribution in [3.63, 3.8) is 0 Å². The standard InChI is InChI=1S/C15H23BrN2O2S.ClH/c1-11-9-15(12(2)8-14(11)16)21(19,20)18-6-4-13(5-7-18)10-17-3;/h8-9,13,17H,4-7,10H2,1-3H3;1H. The van der Waals surface area contributed by atoms with Crippen LogP contribution in [0.2, 0.25) is 0 Å². The van der Waals surface area contributed by atoms with Crippen LogP contribution in [0.4, 0.5) is 0 Å². The highest BCUT2D eigenvalue weighted by molar-refractivity contribution is 9.10. The quantitative estimate of drug-likeness (QED) is 0.828. The molecule has 4 nitrogen and oxygen atoms in total. The lowest BCUT2D eigenvalue weighted by molar-refractivity contribution is 0.270. The average Bonchev–Trinajstić information content (AvgIpc) is 2.43. The van der Waals surface area contributed by atoms with E-state index in [0.29, 0.717) is 23.9 Å². The second kappa shape index (κ2) is 8.11. The number of halogens is 2. The van der Waals surface area contributed by atoms with Crippen molar-refractivity contribution in [2.24, 2.45) is 5.92 Å². The Hall–Kier alpha value is -0.140. The molecule has 0 aromatic heterocycles. The summed E-state index contributed by atoms with van der Waals surface area (Å²) in [5.74, 6) is 0.578. The molecule has 1 aromatic rings. The lowest BCUT2D eigenvalue weighted by Crippen LogP contribution is -2.40. The fourth-order valence-corrected chi connectivity index (χ4v) is 5.03. The topological polar surface area (TPSA) is 49.4 Å². The predicted molar refractivity (Wildman–Crippen MR) is 96.3 cm³/mol. The van der Waals surface area contributed by atoms with Gasteiger partial charge in [-0.15, -0.1) is 12.4 Å². The van der Waals surface area contributed by atoms with E-state index in [1.54, 1.807) is 10.4 Å². The molecule has 1 heterocycles. The van der Waals surface area contributed by atoms with Gasteiger partial charge in [0, 0.05) is 17.6 Å².